The van der Waals surface area contributed by atoms with Gasteiger partial charge >= 0.3 is 6.09 Å². The predicted octanol–water partition coefficient (Wildman–Crippen LogP) is 4.29. The zero-order valence-corrected chi connectivity index (χ0v) is 18.2. The normalized spacial score (nSPS) is 17.5. The summed E-state index contributed by atoms with van der Waals surface area (Å²) in [6, 6.07) is 8.01. The number of thioether (sulfide) groups is 1. The van der Waals surface area contributed by atoms with E-state index in [0.29, 0.717) is 12.3 Å². The molecule has 2 amide bonds. The van der Waals surface area contributed by atoms with Gasteiger partial charge in [-0.05, 0) is 52.2 Å². The molecule has 1 aliphatic rings. The lowest BCUT2D eigenvalue weighted by Gasteiger charge is -2.36. The van der Waals surface area contributed by atoms with Crippen LogP contribution in [0.25, 0.3) is 10.2 Å². The molecule has 1 aromatic carbocycles. The molecule has 2 aromatic rings. The van der Waals surface area contributed by atoms with E-state index in [1.807, 2.05) is 49.9 Å². The van der Waals surface area contributed by atoms with Crippen LogP contribution in [0.5, 0.6) is 0 Å². The average molecular weight is 422 g/mol. The van der Waals surface area contributed by atoms with Crippen LogP contribution >= 0.6 is 23.1 Å². The van der Waals surface area contributed by atoms with Crippen LogP contribution < -0.4 is 5.32 Å². The number of aromatic nitrogens is 1. The zero-order valence-electron chi connectivity index (χ0n) is 16.6. The van der Waals surface area contributed by atoms with Gasteiger partial charge in [0.25, 0.3) is 0 Å². The predicted molar refractivity (Wildman–Crippen MR) is 114 cm³/mol. The summed E-state index contributed by atoms with van der Waals surface area (Å²) >= 11 is 3.10. The number of rotatable bonds is 5. The minimum Gasteiger partial charge on any atom is -0.444 e. The summed E-state index contributed by atoms with van der Waals surface area (Å²) in [6.45, 7) is 6.67. The fourth-order valence-corrected chi connectivity index (χ4v) is 5.13. The van der Waals surface area contributed by atoms with Crippen LogP contribution in [0.3, 0.4) is 0 Å². The van der Waals surface area contributed by atoms with Gasteiger partial charge in [-0.15, -0.1) is 11.3 Å². The topological polar surface area (TPSA) is 71.5 Å². The van der Waals surface area contributed by atoms with Gasteiger partial charge in [0, 0.05) is 19.1 Å². The third-order valence-corrected chi connectivity index (χ3v) is 6.59. The maximum Gasteiger partial charge on any atom is 0.407 e. The van der Waals surface area contributed by atoms with Crippen molar-refractivity contribution in [1.29, 1.82) is 0 Å². The second-order valence-electron chi connectivity index (χ2n) is 7.86. The number of ether oxygens (including phenoxy) is 1. The van der Waals surface area contributed by atoms with Crippen LogP contribution in [0.15, 0.2) is 28.6 Å². The number of thiazole rings is 1. The van der Waals surface area contributed by atoms with Crippen LogP contribution in [-0.4, -0.2) is 52.4 Å². The first-order valence-electron chi connectivity index (χ1n) is 9.56. The van der Waals surface area contributed by atoms with E-state index in [1.165, 1.54) is 11.8 Å². The van der Waals surface area contributed by atoms with Crippen molar-refractivity contribution in [1.82, 2.24) is 15.2 Å². The fourth-order valence-electron chi connectivity index (χ4n) is 3.18. The first kappa shape index (κ1) is 20.9. The lowest BCUT2D eigenvalue weighted by Crippen LogP contribution is -2.50. The molecule has 1 fully saturated rings. The summed E-state index contributed by atoms with van der Waals surface area (Å²) in [4.78, 5) is 31.2. The van der Waals surface area contributed by atoms with Crippen molar-refractivity contribution < 1.29 is 14.3 Å². The molecule has 2 heterocycles. The third-order valence-electron chi connectivity index (χ3n) is 4.42. The van der Waals surface area contributed by atoms with Gasteiger partial charge in [-0.25, -0.2) is 9.78 Å². The van der Waals surface area contributed by atoms with Crippen molar-refractivity contribution >= 4 is 45.3 Å². The summed E-state index contributed by atoms with van der Waals surface area (Å²) < 4.78 is 7.34. The van der Waals surface area contributed by atoms with Gasteiger partial charge in [0.1, 0.15) is 5.60 Å². The number of alkyl carbamates (subject to hydrolysis) is 1. The largest absolute Gasteiger partial charge is 0.444 e. The minimum absolute atomic E-state index is 0.0183. The van der Waals surface area contributed by atoms with E-state index in [1.54, 1.807) is 11.3 Å². The monoisotopic (exact) mass is 421 g/mol. The van der Waals surface area contributed by atoms with Gasteiger partial charge in [0.05, 0.1) is 16.0 Å². The van der Waals surface area contributed by atoms with Crippen molar-refractivity contribution in [2.75, 3.05) is 18.8 Å². The molecule has 0 spiro atoms. The Morgan fingerprint density at radius 1 is 1.32 bits per heavy atom. The Balaban J connectivity index is 1.53. The van der Waals surface area contributed by atoms with Crippen molar-refractivity contribution in [3.63, 3.8) is 0 Å². The van der Waals surface area contributed by atoms with Crippen molar-refractivity contribution in [3.8, 4) is 0 Å². The second kappa shape index (κ2) is 9.13. The number of hydrogen-bond donors (Lipinski definition) is 1. The highest BCUT2D eigenvalue weighted by atomic mass is 32.2. The smallest absolute Gasteiger partial charge is 0.407 e. The molecule has 152 valence electrons. The van der Waals surface area contributed by atoms with E-state index in [-0.39, 0.29) is 11.9 Å². The Morgan fingerprint density at radius 2 is 2.11 bits per heavy atom. The Hall–Kier alpha value is -1.80. The number of nitrogens with zero attached hydrogens (tertiary/aromatic N) is 2. The number of piperidine rings is 1. The Kier molecular flexibility index (Phi) is 6.82. The number of para-hydroxylation sites is 1. The molecule has 8 heteroatoms. The van der Waals surface area contributed by atoms with Crippen LogP contribution in [0.1, 0.15) is 40.0 Å². The Morgan fingerprint density at radius 3 is 2.86 bits per heavy atom. The van der Waals surface area contributed by atoms with Crippen molar-refractivity contribution in [3.05, 3.63) is 24.3 Å². The lowest BCUT2D eigenvalue weighted by atomic mass is 10.0. The lowest BCUT2D eigenvalue weighted by molar-refractivity contribution is -0.131. The molecular formula is C20H27N3O3S2. The van der Waals surface area contributed by atoms with Gasteiger partial charge in [-0.1, -0.05) is 23.9 Å². The highest BCUT2D eigenvalue weighted by molar-refractivity contribution is 8.01. The number of carbonyl (C=O) groups is 2. The van der Waals surface area contributed by atoms with E-state index >= 15 is 0 Å². The fraction of sp³-hybridized carbons (Fsp3) is 0.550. The molecule has 6 nitrogen and oxygen atoms in total. The summed E-state index contributed by atoms with van der Waals surface area (Å²) in [6.07, 6.45) is 2.53. The van der Waals surface area contributed by atoms with Gasteiger partial charge in [0.2, 0.25) is 5.91 Å². The van der Waals surface area contributed by atoms with Gasteiger partial charge in [0.15, 0.2) is 4.34 Å². The number of nitrogens with one attached hydrogen (secondary N) is 1. The highest BCUT2D eigenvalue weighted by Gasteiger charge is 2.28. The number of amides is 2. The Bertz CT molecular complexity index is 798. The van der Waals surface area contributed by atoms with E-state index in [2.05, 4.69) is 10.3 Å². The minimum atomic E-state index is -0.528. The maximum absolute atomic E-state index is 12.8. The van der Waals surface area contributed by atoms with E-state index in [4.69, 9.17) is 4.74 Å². The van der Waals surface area contributed by atoms with E-state index in [9.17, 15) is 9.59 Å². The van der Waals surface area contributed by atoms with Crippen molar-refractivity contribution in [2.24, 2.45) is 0 Å². The molecule has 0 saturated carbocycles. The van der Waals surface area contributed by atoms with Crippen LogP contribution in [-0.2, 0) is 9.53 Å². The average Bonchev–Trinajstić information content (AvgIpc) is 3.06. The number of benzene rings is 1. The number of carbonyl (C=O) groups excluding carboxylic acids is 2. The standard InChI is InChI=1S/C20H27N3O3S2/c1-20(2,3)26-18(25)21-12-14-8-6-7-11-23(14)17(24)13-27-19-22-15-9-4-5-10-16(15)28-19/h4-5,9-10,14H,6-8,11-13H2,1-3H3,(H,21,25). The molecule has 0 bridgehead atoms. The van der Waals surface area contributed by atoms with Crippen LogP contribution in [0.2, 0.25) is 0 Å². The molecule has 1 unspecified atom stereocenters. The van der Waals surface area contributed by atoms with E-state index in [0.717, 1.165) is 40.4 Å². The second-order valence-corrected chi connectivity index (χ2v) is 10.1. The first-order valence-corrected chi connectivity index (χ1v) is 11.4. The summed E-state index contributed by atoms with van der Waals surface area (Å²) in [5.74, 6) is 0.461. The van der Waals surface area contributed by atoms with Crippen LogP contribution in [0.4, 0.5) is 4.79 Å². The molecule has 0 aliphatic carbocycles. The quantitative estimate of drug-likeness (QED) is 0.729. The molecule has 1 aromatic heterocycles. The molecular weight excluding hydrogens is 394 g/mol. The molecule has 1 atom stereocenters. The first-order chi connectivity index (χ1) is 13.3. The molecule has 1 N–H and O–H groups in total. The molecule has 1 aliphatic heterocycles. The molecule has 0 radical (unpaired) electrons. The SMILES string of the molecule is CC(C)(C)OC(=O)NCC1CCCCN1C(=O)CSc1nc2ccccc2s1. The zero-order chi connectivity index (χ0) is 20.1. The number of likely N-dealkylation sites (tertiary alicyclic amines) is 1. The van der Waals surface area contributed by atoms with E-state index < -0.39 is 11.7 Å². The van der Waals surface area contributed by atoms with Gasteiger partial charge < -0.3 is 15.0 Å². The van der Waals surface area contributed by atoms with Crippen molar-refractivity contribution in [2.45, 2.75) is 56.0 Å². The molecule has 3 rings (SSSR count). The summed E-state index contributed by atoms with van der Waals surface area (Å²) in [7, 11) is 0. The van der Waals surface area contributed by atoms with Gasteiger partial charge in [-0.2, -0.15) is 0 Å². The summed E-state index contributed by atoms with van der Waals surface area (Å²) in [5.41, 5.74) is 0.444. The number of hydrogen-bond acceptors (Lipinski definition) is 6. The van der Waals surface area contributed by atoms with Gasteiger partial charge in [-0.3, -0.25) is 4.79 Å². The third kappa shape index (κ3) is 5.85. The maximum atomic E-state index is 12.8. The molecule has 1 saturated heterocycles. The molecule has 28 heavy (non-hydrogen) atoms. The summed E-state index contributed by atoms with van der Waals surface area (Å²) in [5, 5.41) is 2.81. The number of fused-ring (bicyclic) bond motifs is 1. The van der Waals surface area contributed by atoms with Crippen LogP contribution in [0, 0.1) is 0 Å². The highest BCUT2D eigenvalue weighted by Crippen LogP contribution is 2.30. The Labute approximate surface area is 174 Å².